The molecule has 6 heteroatoms. The number of aliphatic hydroxyl groups excluding tert-OH is 1. The molecule has 0 amide bonds. The molecular formula is C15H12O6. The van der Waals surface area contributed by atoms with Crippen LogP contribution in [0.3, 0.4) is 0 Å². The zero-order valence-electron chi connectivity index (χ0n) is 10.7. The molecule has 0 saturated carbocycles. The minimum absolute atomic E-state index is 0.173. The molecule has 1 atom stereocenters. The molecule has 108 valence electrons. The van der Waals surface area contributed by atoms with E-state index in [9.17, 15) is 25.5 Å². The van der Waals surface area contributed by atoms with Crippen LogP contribution in [0.15, 0.2) is 36.1 Å². The average Bonchev–Trinajstić information content (AvgIpc) is 2.42. The Balaban J connectivity index is 2.06. The number of phenols is 4. The highest BCUT2D eigenvalue weighted by Gasteiger charge is 2.27. The van der Waals surface area contributed by atoms with E-state index in [0.717, 1.165) is 6.07 Å². The maximum atomic E-state index is 10.0. The Kier molecular flexibility index (Phi) is 2.79. The summed E-state index contributed by atoms with van der Waals surface area (Å²) in [6, 6.07) is 6.47. The Bertz CT molecular complexity index is 750. The van der Waals surface area contributed by atoms with E-state index in [1.54, 1.807) is 0 Å². The van der Waals surface area contributed by atoms with Crippen molar-refractivity contribution in [3.8, 4) is 28.7 Å². The third-order valence-electron chi connectivity index (χ3n) is 3.21. The van der Waals surface area contributed by atoms with Crippen LogP contribution in [0.5, 0.6) is 28.7 Å². The molecule has 0 aliphatic carbocycles. The van der Waals surface area contributed by atoms with E-state index >= 15 is 0 Å². The van der Waals surface area contributed by atoms with Gasteiger partial charge in [-0.2, -0.15) is 0 Å². The summed E-state index contributed by atoms with van der Waals surface area (Å²) in [7, 11) is 0. The Morgan fingerprint density at radius 2 is 1.57 bits per heavy atom. The first-order valence-corrected chi connectivity index (χ1v) is 6.11. The Labute approximate surface area is 119 Å². The molecule has 3 rings (SSSR count). The molecule has 5 N–H and O–H groups in total. The van der Waals surface area contributed by atoms with E-state index < -0.39 is 6.10 Å². The van der Waals surface area contributed by atoms with E-state index in [-0.39, 0.29) is 40.1 Å². The molecular weight excluding hydrogens is 276 g/mol. The molecule has 0 radical (unpaired) electrons. The van der Waals surface area contributed by atoms with Crippen LogP contribution in [-0.4, -0.2) is 25.5 Å². The van der Waals surface area contributed by atoms with Crippen molar-refractivity contribution in [3.63, 3.8) is 0 Å². The highest BCUT2D eigenvalue weighted by Crippen LogP contribution is 2.43. The molecule has 21 heavy (non-hydrogen) atoms. The fraction of sp³-hybridized carbons (Fsp3) is 0.0667. The van der Waals surface area contributed by atoms with Crippen LogP contribution >= 0.6 is 0 Å². The molecule has 0 spiro atoms. The van der Waals surface area contributed by atoms with Gasteiger partial charge in [-0.3, -0.25) is 0 Å². The molecule has 2 aromatic rings. The van der Waals surface area contributed by atoms with Gasteiger partial charge in [-0.15, -0.1) is 0 Å². The third kappa shape index (κ3) is 2.16. The Morgan fingerprint density at radius 1 is 0.810 bits per heavy atom. The number of aliphatic hydroxyl groups is 1. The topological polar surface area (TPSA) is 110 Å². The monoisotopic (exact) mass is 288 g/mol. The van der Waals surface area contributed by atoms with Crippen LogP contribution in [0, 0.1) is 0 Å². The van der Waals surface area contributed by atoms with E-state index in [1.165, 1.54) is 30.3 Å². The minimum Gasteiger partial charge on any atom is -0.508 e. The highest BCUT2D eigenvalue weighted by atomic mass is 16.5. The third-order valence-corrected chi connectivity index (χ3v) is 3.21. The van der Waals surface area contributed by atoms with Gasteiger partial charge in [-0.05, 0) is 18.2 Å². The lowest BCUT2D eigenvalue weighted by atomic mass is 10.0. The first-order chi connectivity index (χ1) is 9.95. The van der Waals surface area contributed by atoms with E-state index in [0.29, 0.717) is 5.56 Å². The zero-order valence-corrected chi connectivity index (χ0v) is 10.7. The molecule has 0 aromatic heterocycles. The maximum absolute atomic E-state index is 10.0. The van der Waals surface area contributed by atoms with Gasteiger partial charge in [0, 0.05) is 17.7 Å². The predicted octanol–water partition coefficient (Wildman–Crippen LogP) is 2.54. The van der Waals surface area contributed by atoms with Gasteiger partial charge in [0.2, 0.25) is 0 Å². The van der Waals surface area contributed by atoms with E-state index in [4.69, 9.17) is 4.74 Å². The number of rotatable bonds is 1. The molecule has 1 heterocycles. The lowest BCUT2D eigenvalue weighted by Gasteiger charge is -2.25. The Morgan fingerprint density at radius 3 is 2.29 bits per heavy atom. The van der Waals surface area contributed by atoms with Crippen LogP contribution < -0.4 is 4.74 Å². The first kappa shape index (κ1) is 13.0. The number of fused-ring (bicyclic) bond motifs is 1. The van der Waals surface area contributed by atoms with Crippen LogP contribution in [-0.2, 0) is 0 Å². The van der Waals surface area contributed by atoms with Crippen molar-refractivity contribution in [3.05, 3.63) is 47.2 Å². The van der Waals surface area contributed by atoms with Crippen molar-refractivity contribution in [1.29, 1.82) is 0 Å². The van der Waals surface area contributed by atoms with Gasteiger partial charge in [-0.1, -0.05) is 6.07 Å². The molecule has 1 unspecified atom stereocenters. The summed E-state index contributed by atoms with van der Waals surface area (Å²) in [6.45, 7) is 0. The summed E-state index contributed by atoms with van der Waals surface area (Å²) in [4.78, 5) is 0. The summed E-state index contributed by atoms with van der Waals surface area (Å²) in [5, 5.41) is 48.1. The van der Waals surface area contributed by atoms with E-state index in [2.05, 4.69) is 0 Å². The van der Waals surface area contributed by atoms with E-state index in [1.807, 2.05) is 0 Å². The Hall–Kier alpha value is -3.02. The van der Waals surface area contributed by atoms with Crippen LogP contribution in [0.2, 0.25) is 0 Å². The number of phenolic OH excluding ortho intramolecular Hbond substituents is 4. The molecule has 0 fully saturated rings. The van der Waals surface area contributed by atoms with Gasteiger partial charge in [-0.25, -0.2) is 0 Å². The minimum atomic E-state index is -0.912. The molecule has 0 bridgehead atoms. The van der Waals surface area contributed by atoms with Gasteiger partial charge in [0.05, 0.1) is 5.56 Å². The van der Waals surface area contributed by atoms with Gasteiger partial charge in [0.25, 0.3) is 0 Å². The second-order valence-electron chi connectivity index (χ2n) is 4.69. The van der Waals surface area contributed by atoms with Gasteiger partial charge in [0.1, 0.15) is 23.0 Å². The fourth-order valence-corrected chi connectivity index (χ4v) is 2.19. The van der Waals surface area contributed by atoms with Crippen molar-refractivity contribution in [2.24, 2.45) is 0 Å². The normalized spacial score (nSPS) is 16.8. The molecule has 1 aliphatic rings. The number of aromatic hydroxyl groups is 4. The van der Waals surface area contributed by atoms with Crippen molar-refractivity contribution < 1.29 is 30.3 Å². The average molecular weight is 288 g/mol. The lowest BCUT2D eigenvalue weighted by Crippen LogP contribution is -2.14. The lowest BCUT2D eigenvalue weighted by molar-refractivity contribution is 0.173. The largest absolute Gasteiger partial charge is 0.508 e. The van der Waals surface area contributed by atoms with Gasteiger partial charge >= 0.3 is 0 Å². The van der Waals surface area contributed by atoms with Crippen LogP contribution in [0.4, 0.5) is 0 Å². The first-order valence-electron chi connectivity index (χ1n) is 6.11. The summed E-state index contributed by atoms with van der Waals surface area (Å²) >= 11 is 0. The maximum Gasteiger partial charge on any atom is 0.180 e. The highest BCUT2D eigenvalue weighted by molar-refractivity contribution is 5.69. The smallest absolute Gasteiger partial charge is 0.180 e. The SMILES string of the molecule is OC1=Cc2c(O)cc(O)cc2OC1c1ccc(O)c(O)c1. The summed E-state index contributed by atoms with van der Waals surface area (Å²) in [5.41, 5.74) is 0.664. The summed E-state index contributed by atoms with van der Waals surface area (Å²) in [5.74, 6) is -0.990. The molecule has 0 saturated heterocycles. The zero-order chi connectivity index (χ0) is 15.1. The number of hydrogen-bond acceptors (Lipinski definition) is 6. The number of hydrogen-bond donors (Lipinski definition) is 5. The fourth-order valence-electron chi connectivity index (χ4n) is 2.19. The standard InChI is InChI=1S/C15H12O6/c16-8-4-11(18)9-6-13(20)15(21-14(9)5-8)7-1-2-10(17)12(19)3-7/h1-6,15-20H. The van der Waals surface area contributed by atoms with Crippen molar-refractivity contribution in [1.82, 2.24) is 0 Å². The van der Waals surface area contributed by atoms with Crippen LogP contribution in [0.1, 0.15) is 17.2 Å². The van der Waals surface area contributed by atoms with Gasteiger partial charge < -0.3 is 30.3 Å². The molecule has 1 aliphatic heterocycles. The van der Waals surface area contributed by atoms with Crippen LogP contribution in [0.25, 0.3) is 6.08 Å². The summed E-state index contributed by atoms with van der Waals surface area (Å²) in [6.07, 6.45) is 0.410. The quantitative estimate of drug-likeness (QED) is 0.516. The second kappa shape index (κ2) is 4.52. The van der Waals surface area contributed by atoms with Crippen molar-refractivity contribution in [2.45, 2.75) is 6.10 Å². The molecule has 2 aromatic carbocycles. The molecule has 6 nitrogen and oxygen atoms in total. The second-order valence-corrected chi connectivity index (χ2v) is 4.69. The van der Waals surface area contributed by atoms with Gasteiger partial charge in [0.15, 0.2) is 17.6 Å². The van der Waals surface area contributed by atoms with Crippen molar-refractivity contribution in [2.75, 3.05) is 0 Å². The predicted molar refractivity (Wildman–Crippen MR) is 73.5 cm³/mol. The summed E-state index contributed by atoms with van der Waals surface area (Å²) < 4.78 is 5.56. The number of benzene rings is 2. The van der Waals surface area contributed by atoms with Crippen molar-refractivity contribution >= 4 is 6.08 Å². The number of ether oxygens (including phenoxy) is 1.